The zero-order valence-corrected chi connectivity index (χ0v) is 11.7. The van der Waals surface area contributed by atoms with Crippen molar-refractivity contribution in [1.29, 1.82) is 5.26 Å². The number of carbonyl (C=O) groups is 3. The quantitative estimate of drug-likeness (QED) is 0.666. The maximum Gasteiger partial charge on any atom is 0.233 e. The summed E-state index contributed by atoms with van der Waals surface area (Å²) in [6.45, 7) is 0.157. The highest BCUT2D eigenvalue weighted by Gasteiger charge is 2.35. The second kappa shape index (κ2) is 6.80. The molecule has 22 heavy (non-hydrogen) atoms. The standard InChI is InChI=1S/C15H14FN3O3/c16-11-1-3-12(4-2-11)18-14(21)6-15(22)19-8-10(9-20)5-13(19)7-17/h1-4,9-10,13H,5-6,8H2,(H,18,21). The van der Waals surface area contributed by atoms with Gasteiger partial charge in [0.15, 0.2) is 0 Å². The topological polar surface area (TPSA) is 90.3 Å². The number of nitrogens with one attached hydrogen (secondary N) is 1. The van der Waals surface area contributed by atoms with Gasteiger partial charge in [0.25, 0.3) is 0 Å². The van der Waals surface area contributed by atoms with E-state index in [0.29, 0.717) is 12.1 Å². The summed E-state index contributed by atoms with van der Waals surface area (Å²) in [5.41, 5.74) is 0.378. The van der Waals surface area contributed by atoms with Crippen LogP contribution in [0.15, 0.2) is 24.3 Å². The molecular weight excluding hydrogens is 289 g/mol. The van der Waals surface area contributed by atoms with E-state index in [9.17, 15) is 18.8 Å². The van der Waals surface area contributed by atoms with E-state index in [1.165, 1.54) is 29.2 Å². The van der Waals surface area contributed by atoms with E-state index in [2.05, 4.69) is 5.32 Å². The molecule has 0 aromatic heterocycles. The van der Waals surface area contributed by atoms with Gasteiger partial charge in [0.2, 0.25) is 11.8 Å². The molecule has 0 bridgehead atoms. The van der Waals surface area contributed by atoms with Crippen LogP contribution in [0.1, 0.15) is 12.8 Å². The third kappa shape index (κ3) is 3.67. The van der Waals surface area contributed by atoms with Crippen molar-refractivity contribution in [2.24, 2.45) is 5.92 Å². The predicted octanol–water partition coefficient (Wildman–Crippen LogP) is 1.09. The van der Waals surface area contributed by atoms with Crippen LogP contribution in [-0.2, 0) is 14.4 Å². The van der Waals surface area contributed by atoms with Gasteiger partial charge >= 0.3 is 0 Å². The minimum atomic E-state index is -0.679. The first-order chi connectivity index (χ1) is 10.5. The lowest BCUT2D eigenvalue weighted by atomic mass is 10.1. The Labute approximate surface area is 126 Å². The van der Waals surface area contributed by atoms with Crippen molar-refractivity contribution in [3.63, 3.8) is 0 Å². The first-order valence-electron chi connectivity index (χ1n) is 6.73. The molecule has 1 aliphatic rings. The Balaban J connectivity index is 1.93. The van der Waals surface area contributed by atoms with Crippen LogP contribution < -0.4 is 5.32 Å². The number of carbonyl (C=O) groups excluding carboxylic acids is 3. The number of benzene rings is 1. The van der Waals surface area contributed by atoms with Gasteiger partial charge in [-0.2, -0.15) is 5.26 Å². The van der Waals surface area contributed by atoms with Gasteiger partial charge in [-0.15, -0.1) is 0 Å². The molecule has 2 amide bonds. The molecule has 1 aliphatic heterocycles. The Bertz CT molecular complexity index is 624. The Kier molecular flexibility index (Phi) is 4.84. The lowest BCUT2D eigenvalue weighted by Crippen LogP contribution is -2.37. The first kappa shape index (κ1) is 15.6. The highest BCUT2D eigenvalue weighted by atomic mass is 19.1. The summed E-state index contributed by atoms with van der Waals surface area (Å²) in [7, 11) is 0. The molecule has 2 atom stereocenters. The third-order valence-corrected chi connectivity index (χ3v) is 3.44. The molecule has 0 saturated carbocycles. The lowest BCUT2D eigenvalue weighted by Gasteiger charge is -2.19. The van der Waals surface area contributed by atoms with Crippen LogP contribution in [0.25, 0.3) is 0 Å². The number of nitrogens with zero attached hydrogens (tertiary/aromatic N) is 2. The van der Waals surface area contributed by atoms with Crippen molar-refractivity contribution in [3.05, 3.63) is 30.1 Å². The van der Waals surface area contributed by atoms with Gasteiger partial charge in [-0.3, -0.25) is 9.59 Å². The number of anilines is 1. The van der Waals surface area contributed by atoms with Crippen LogP contribution in [-0.4, -0.2) is 35.6 Å². The summed E-state index contributed by atoms with van der Waals surface area (Å²) in [6, 6.07) is 6.43. The Morgan fingerprint density at radius 1 is 1.41 bits per heavy atom. The molecule has 0 aliphatic carbocycles. The highest BCUT2D eigenvalue weighted by Crippen LogP contribution is 2.22. The summed E-state index contributed by atoms with van der Waals surface area (Å²) in [5.74, 6) is -1.85. The van der Waals surface area contributed by atoms with E-state index >= 15 is 0 Å². The lowest BCUT2D eigenvalue weighted by molar-refractivity contribution is -0.134. The molecule has 1 aromatic rings. The number of rotatable bonds is 4. The van der Waals surface area contributed by atoms with Crippen molar-refractivity contribution in [2.45, 2.75) is 18.9 Å². The SMILES string of the molecule is N#CC1CC(C=O)CN1C(=O)CC(=O)Nc1ccc(F)cc1. The molecule has 0 spiro atoms. The van der Waals surface area contributed by atoms with Crippen molar-refractivity contribution >= 4 is 23.8 Å². The molecule has 7 heteroatoms. The monoisotopic (exact) mass is 303 g/mol. The molecule has 114 valence electrons. The van der Waals surface area contributed by atoms with Gasteiger partial charge in [-0.05, 0) is 30.7 Å². The summed E-state index contributed by atoms with van der Waals surface area (Å²) < 4.78 is 12.8. The molecule has 1 aromatic carbocycles. The molecule has 0 radical (unpaired) electrons. The number of aldehydes is 1. The van der Waals surface area contributed by atoms with Gasteiger partial charge < -0.3 is 15.0 Å². The number of nitriles is 1. The molecular formula is C15H14FN3O3. The van der Waals surface area contributed by atoms with Crippen LogP contribution in [0.4, 0.5) is 10.1 Å². The van der Waals surface area contributed by atoms with E-state index in [0.717, 1.165) is 6.29 Å². The summed E-state index contributed by atoms with van der Waals surface area (Å²) in [5, 5.41) is 11.5. The predicted molar refractivity (Wildman–Crippen MR) is 74.9 cm³/mol. The maximum atomic E-state index is 12.8. The van der Waals surface area contributed by atoms with Crippen molar-refractivity contribution in [3.8, 4) is 6.07 Å². The number of hydrogen-bond acceptors (Lipinski definition) is 4. The van der Waals surface area contributed by atoms with Crippen LogP contribution in [0.2, 0.25) is 0 Å². The van der Waals surface area contributed by atoms with Gasteiger partial charge in [0.05, 0.1) is 6.07 Å². The fourth-order valence-corrected chi connectivity index (χ4v) is 2.34. The Morgan fingerprint density at radius 2 is 2.09 bits per heavy atom. The molecule has 1 fully saturated rings. The van der Waals surface area contributed by atoms with Crippen LogP contribution in [0, 0.1) is 23.1 Å². The maximum absolute atomic E-state index is 12.8. The van der Waals surface area contributed by atoms with E-state index in [1.54, 1.807) is 0 Å². The molecule has 2 rings (SSSR count). The fraction of sp³-hybridized carbons (Fsp3) is 0.333. The zero-order chi connectivity index (χ0) is 16.1. The summed E-state index contributed by atoms with van der Waals surface area (Å²) in [4.78, 5) is 35.9. The molecule has 6 nitrogen and oxygen atoms in total. The molecule has 1 heterocycles. The first-order valence-corrected chi connectivity index (χ1v) is 6.73. The van der Waals surface area contributed by atoms with Crippen LogP contribution in [0.5, 0.6) is 0 Å². The van der Waals surface area contributed by atoms with Gasteiger partial charge in [0.1, 0.15) is 24.6 Å². The second-order valence-corrected chi connectivity index (χ2v) is 5.05. The van der Waals surface area contributed by atoms with Gasteiger partial charge in [0, 0.05) is 18.2 Å². The summed E-state index contributed by atoms with van der Waals surface area (Å²) in [6.07, 6.45) is 0.586. The number of halogens is 1. The number of likely N-dealkylation sites (tertiary alicyclic amines) is 1. The van der Waals surface area contributed by atoms with E-state index < -0.39 is 30.1 Å². The van der Waals surface area contributed by atoms with Crippen molar-refractivity contribution in [2.75, 3.05) is 11.9 Å². The summed E-state index contributed by atoms with van der Waals surface area (Å²) >= 11 is 0. The third-order valence-electron chi connectivity index (χ3n) is 3.44. The largest absolute Gasteiger partial charge is 0.326 e. The smallest absolute Gasteiger partial charge is 0.233 e. The van der Waals surface area contributed by atoms with E-state index in [-0.39, 0.29) is 12.5 Å². The number of hydrogen-bond donors (Lipinski definition) is 1. The minimum Gasteiger partial charge on any atom is -0.326 e. The Morgan fingerprint density at radius 3 is 2.68 bits per heavy atom. The van der Waals surface area contributed by atoms with E-state index in [1.807, 2.05) is 6.07 Å². The van der Waals surface area contributed by atoms with Crippen molar-refractivity contribution < 1.29 is 18.8 Å². The average molecular weight is 303 g/mol. The zero-order valence-electron chi connectivity index (χ0n) is 11.7. The average Bonchev–Trinajstić information content (AvgIpc) is 2.93. The molecule has 1 N–H and O–H groups in total. The van der Waals surface area contributed by atoms with Crippen molar-refractivity contribution in [1.82, 2.24) is 4.90 Å². The normalized spacial score (nSPS) is 20.3. The highest BCUT2D eigenvalue weighted by molar-refractivity contribution is 6.03. The fourth-order valence-electron chi connectivity index (χ4n) is 2.34. The van der Waals surface area contributed by atoms with Crippen LogP contribution >= 0.6 is 0 Å². The van der Waals surface area contributed by atoms with Gasteiger partial charge in [-0.1, -0.05) is 0 Å². The van der Waals surface area contributed by atoms with E-state index in [4.69, 9.17) is 5.26 Å². The minimum absolute atomic E-state index is 0.157. The Hall–Kier alpha value is -2.75. The van der Waals surface area contributed by atoms with Gasteiger partial charge in [-0.25, -0.2) is 4.39 Å². The molecule has 1 saturated heterocycles. The van der Waals surface area contributed by atoms with Crippen LogP contribution in [0.3, 0.4) is 0 Å². The molecule has 2 unspecified atom stereocenters. The second-order valence-electron chi connectivity index (χ2n) is 5.05. The number of amides is 2.